The van der Waals surface area contributed by atoms with Gasteiger partial charge in [0.05, 0.1) is 18.9 Å². The van der Waals surface area contributed by atoms with Crippen molar-refractivity contribution < 1.29 is 65.7 Å². The number of rotatable bonds is 6. The van der Waals surface area contributed by atoms with Gasteiger partial charge in [-0.1, -0.05) is 0 Å². The van der Waals surface area contributed by atoms with Crippen molar-refractivity contribution >= 4 is 10.0 Å². The number of nitrogens with zero attached hydrogens (tertiary/aromatic N) is 1. The highest BCUT2D eigenvalue weighted by molar-refractivity contribution is 7.85. The average Bonchev–Trinajstić information content (AvgIpc) is 2.56. The Balaban J connectivity index is 4.27. The van der Waals surface area contributed by atoms with Crippen molar-refractivity contribution in [2.45, 2.75) is 49.3 Å². The lowest BCUT2D eigenvalue weighted by Crippen LogP contribution is -2.91. The van der Waals surface area contributed by atoms with Gasteiger partial charge < -0.3 is 5.11 Å². The van der Waals surface area contributed by atoms with E-state index < -0.39 is 74.8 Å². The molecule has 1 fully saturated rings. The summed E-state index contributed by atoms with van der Waals surface area (Å²) in [6.07, 6.45) is 0. The van der Waals surface area contributed by atoms with Crippen LogP contribution in [0.5, 0.6) is 0 Å². The van der Waals surface area contributed by atoms with E-state index in [1.807, 2.05) is 0 Å². The highest BCUT2D eigenvalue weighted by atomic mass is 32.2. The maximum absolute atomic E-state index is 15.3. The number of halogens is 11. The van der Waals surface area contributed by atoms with Crippen LogP contribution in [0.15, 0.2) is 0 Å². The van der Waals surface area contributed by atoms with Crippen molar-refractivity contribution in [3.63, 3.8) is 0 Å². The number of aliphatic hydroxyl groups excluding tert-OH is 1. The molecule has 1 unspecified atom stereocenters. The predicted octanol–water partition coefficient (Wildman–Crippen LogP) is 3.02. The average molecular weight is 462 g/mol. The SMILES string of the molecule is CC[N+](CCO)(C1(F)C(F)(F)C(F)(F)C(F)(F)C(F)(F)C1(F)F)S(=O)(=O)CC. The van der Waals surface area contributed by atoms with Gasteiger partial charge in [0.1, 0.15) is 6.54 Å². The van der Waals surface area contributed by atoms with Crippen molar-refractivity contribution in [3.8, 4) is 0 Å². The maximum atomic E-state index is 15.3. The fourth-order valence-corrected chi connectivity index (χ4v) is 5.04. The molecular weight excluding hydrogens is 447 g/mol. The van der Waals surface area contributed by atoms with Crippen LogP contribution in [0.3, 0.4) is 0 Å². The summed E-state index contributed by atoms with van der Waals surface area (Å²) < 4.78 is 175. The fraction of sp³-hybridized carbons (Fsp3) is 1.00. The molecule has 1 saturated carbocycles. The predicted molar refractivity (Wildman–Crippen MR) is 70.8 cm³/mol. The van der Waals surface area contributed by atoms with Gasteiger partial charge in [0, 0.05) is 0 Å². The molecule has 168 valence electrons. The number of quaternary nitrogens is 1. The standard InChI is InChI=1S/C12H15F11NO3S/c1-3-24(5-6-25,28(26,27)4-2)12(23)10(19,20)8(15,16)7(13,14)9(17,18)11(12,21)22/h25H,3-6H2,1-2H3/q+1. The molecule has 0 bridgehead atoms. The van der Waals surface area contributed by atoms with E-state index >= 15 is 4.39 Å². The van der Waals surface area contributed by atoms with Crippen LogP contribution in [0, 0.1) is 0 Å². The Morgan fingerprint density at radius 2 is 1.04 bits per heavy atom. The van der Waals surface area contributed by atoms with Gasteiger partial charge in [-0.25, -0.2) is 0 Å². The van der Waals surface area contributed by atoms with E-state index in [0.717, 1.165) is 0 Å². The molecule has 0 aromatic rings. The highest BCUT2D eigenvalue weighted by Crippen LogP contribution is 2.71. The summed E-state index contributed by atoms with van der Waals surface area (Å²) in [4.78, 5) is 0. The zero-order chi connectivity index (χ0) is 22.8. The van der Waals surface area contributed by atoms with Gasteiger partial charge in [-0.05, 0) is 13.8 Å². The number of alkyl halides is 11. The van der Waals surface area contributed by atoms with E-state index in [1.165, 1.54) is 0 Å². The lowest BCUT2D eigenvalue weighted by Gasteiger charge is -2.57. The van der Waals surface area contributed by atoms with Gasteiger partial charge in [0.2, 0.25) is 0 Å². The summed E-state index contributed by atoms with van der Waals surface area (Å²) in [5.74, 6) is -45.2. The Labute approximate surface area is 151 Å². The Bertz CT molecular complexity index is 694. The smallest absolute Gasteiger partial charge is 0.390 e. The molecule has 0 aromatic carbocycles. The minimum atomic E-state index is -7.44. The van der Waals surface area contributed by atoms with E-state index in [-0.39, 0.29) is 0 Å². The second kappa shape index (κ2) is 6.30. The molecule has 0 aromatic heterocycles. The molecule has 0 amide bonds. The van der Waals surface area contributed by atoms with E-state index in [1.54, 1.807) is 0 Å². The Morgan fingerprint density at radius 1 is 0.714 bits per heavy atom. The van der Waals surface area contributed by atoms with Gasteiger partial charge in [-0.2, -0.15) is 60.6 Å². The summed E-state index contributed by atoms with van der Waals surface area (Å²) in [6, 6.07) is 0. The zero-order valence-corrected chi connectivity index (χ0v) is 14.9. The monoisotopic (exact) mass is 462 g/mol. The third-order valence-corrected chi connectivity index (χ3v) is 7.33. The van der Waals surface area contributed by atoms with Crippen LogP contribution >= 0.6 is 0 Å². The Morgan fingerprint density at radius 3 is 1.29 bits per heavy atom. The maximum Gasteiger partial charge on any atom is 0.407 e. The Hall–Kier alpha value is -0.900. The van der Waals surface area contributed by atoms with Crippen molar-refractivity contribution in [1.82, 2.24) is 0 Å². The molecule has 0 radical (unpaired) electrons. The second-order valence-corrected chi connectivity index (χ2v) is 8.46. The van der Waals surface area contributed by atoms with Crippen LogP contribution in [0.2, 0.25) is 0 Å². The molecular formula is C12H15F11NO3S+. The van der Waals surface area contributed by atoms with Crippen molar-refractivity contribution in [3.05, 3.63) is 0 Å². The van der Waals surface area contributed by atoms with Crippen molar-refractivity contribution in [2.24, 2.45) is 0 Å². The van der Waals surface area contributed by atoms with Crippen molar-refractivity contribution in [2.75, 3.05) is 25.4 Å². The topological polar surface area (TPSA) is 54.4 Å². The minimum Gasteiger partial charge on any atom is -0.390 e. The molecule has 1 N–H and O–H groups in total. The van der Waals surface area contributed by atoms with E-state index in [0.29, 0.717) is 13.8 Å². The van der Waals surface area contributed by atoms with Gasteiger partial charge in [0.15, 0.2) is 0 Å². The lowest BCUT2D eigenvalue weighted by atomic mass is 9.76. The number of aliphatic hydroxyl groups is 1. The molecule has 1 aliphatic carbocycles. The molecule has 16 heteroatoms. The van der Waals surface area contributed by atoms with Crippen molar-refractivity contribution in [1.29, 1.82) is 0 Å². The molecule has 4 nitrogen and oxygen atoms in total. The molecule has 1 rings (SSSR count). The number of sulfonamides is 1. The number of hydrogen-bond acceptors (Lipinski definition) is 3. The normalized spacial score (nSPS) is 29.1. The van der Waals surface area contributed by atoms with Crippen LogP contribution in [0.1, 0.15) is 13.8 Å². The minimum absolute atomic E-state index is 0.388. The van der Waals surface area contributed by atoms with Crippen LogP contribution in [0.4, 0.5) is 48.3 Å². The van der Waals surface area contributed by atoms with Gasteiger partial charge in [-0.15, -0.1) is 0 Å². The second-order valence-electron chi connectivity index (χ2n) is 6.02. The van der Waals surface area contributed by atoms with E-state index in [2.05, 4.69) is 0 Å². The first-order valence-corrected chi connectivity index (χ1v) is 9.08. The zero-order valence-electron chi connectivity index (χ0n) is 14.1. The molecule has 0 spiro atoms. The summed E-state index contributed by atoms with van der Waals surface area (Å²) in [5.41, 5.74) is 0. The van der Waals surface area contributed by atoms with Crippen LogP contribution in [-0.4, -0.2) is 78.3 Å². The quantitative estimate of drug-likeness (QED) is 0.375. The summed E-state index contributed by atoms with van der Waals surface area (Å²) in [6.45, 7) is -4.59. The highest BCUT2D eigenvalue weighted by Gasteiger charge is 3.06. The molecule has 1 aliphatic rings. The number of hydrogen-bond donors (Lipinski definition) is 1. The van der Waals surface area contributed by atoms with Crippen LogP contribution < -0.4 is 0 Å². The van der Waals surface area contributed by atoms with Crippen LogP contribution in [-0.2, 0) is 10.0 Å². The van der Waals surface area contributed by atoms with E-state index in [4.69, 9.17) is 5.11 Å². The molecule has 0 saturated heterocycles. The molecule has 0 aliphatic heterocycles. The first-order chi connectivity index (χ1) is 12.2. The van der Waals surface area contributed by atoms with Gasteiger partial charge >= 0.3 is 35.4 Å². The largest absolute Gasteiger partial charge is 0.407 e. The molecule has 28 heavy (non-hydrogen) atoms. The third-order valence-electron chi connectivity index (χ3n) is 4.84. The molecule has 0 heterocycles. The summed E-state index contributed by atoms with van der Waals surface area (Å²) in [7, 11) is -5.74. The first-order valence-electron chi connectivity index (χ1n) is 7.47. The van der Waals surface area contributed by atoms with Gasteiger partial charge in [-0.3, -0.25) is 0 Å². The first kappa shape index (κ1) is 25.1. The fourth-order valence-electron chi connectivity index (χ4n) is 3.18. The summed E-state index contributed by atoms with van der Waals surface area (Å²) in [5, 5.41) is 8.88. The lowest BCUT2D eigenvalue weighted by molar-refractivity contribution is -0.918. The Kier molecular flexibility index (Phi) is 5.65. The van der Waals surface area contributed by atoms with Crippen LogP contribution in [0.25, 0.3) is 0 Å². The summed E-state index contributed by atoms with van der Waals surface area (Å²) >= 11 is 0. The molecule has 1 atom stereocenters. The third kappa shape index (κ3) is 2.22. The van der Waals surface area contributed by atoms with Gasteiger partial charge in [0.25, 0.3) is 10.0 Å². The van der Waals surface area contributed by atoms with E-state index in [9.17, 15) is 52.3 Å². The number of likely N-dealkylation sites (N-methyl/N-ethyl adjacent to an activating group) is 1.